The first-order chi connectivity index (χ1) is 12.1. The van der Waals surface area contributed by atoms with E-state index >= 15 is 0 Å². The Morgan fingerprint density at radius 2 is 1.88 bits per heavy atom. The number of nitrogens with zero attached hydrogens (tertiary/aromatic N) is 1. The molecular formula is C18H30N2O5S. The Labute approximate surface area is 155 Å². The minimum absolute atomic E-state index is 0.0660. The van der Waals surface area contributed by atoms with Gasteiger partial charge in [0.05, 0.1) is 40.8 Å². The van der Waals surface area contributed by atoms with Crippen LogP contribution in [-0.2, 0) is 14.6 Å². The smallest absolute Gasteiger partial charge is 0.182 e. The minimum Gasteiger partial charge on any atom is -0.394 e. The average Bonchev–Trinajstić information content (AvgIpc) is 2.58. The Bertz CT molecular complexity index is 698. The minimum atomic E-state index is -3.48. The fourth-order valence-electron chi connectivity index (χ4n) is 3.04. The fourth-order valence-corrected chi connectivity index (χ4v) is 4.24. The Balaban J connectivity index is 2.38. The SMILES string of the molecule is CC1CN(c2ccc(S(=O)(=O)C(C)C)c(NCC(O)CO)c2)CC(C)O1. The van der Waals surface area contributed by atoms with Crippen molar-refractivity contribution < 1.29 is 23.4 Å². The van der Waals surface area contributed by atoms with Gasteiger partial charge in [0, 0.05) is 25.3 Å². The molecule has 26 heavy (non-hydrogen) atoms. The Morgan fingerprint density at radius 1 is 1.27 bits per heavy atom. The van der Waals surface area contributed by atoms with Gasteiger partial charge >= 0.3 is 0 Å². The third-order valence-corrected chi connectivity index (χ3v) is 6.62. The number of hydrogen-bond donors (Lipinski definition) is 3. The van der Waals surface area contributed by atoms with E-state index in [1.54, 1.807) is 26.0 Å². The highest BCUT2D eigenvalue weighted by atomic mass is 32.2. The van der Waals surface area contributed by atoms with Gasteiger partial charge < -0.3 is 25.2 Å². The maximum atomic E-state index is 12.7. The lowest BCUT2D eigenvalue weighted by Crippen LogP contribution is -2.45. The highest BCUT2D eigenvalue weighted by Crippen LogP contribution is 2.31. The predicted molar refractivity (Wildman–Crippen MR) is 103 cm³/mol. The number of morpholine rings is 1. The number of benzene rings is 1. The molecule has 2 rings (SSSR count). The summed E-state index contributed by atoms with van der Waals surface area (Å²) < 4.78 is 31.1. The molecule has 0 bridgehead atoms. The van der Waals surface area contributed by atoms with Crippen LogP contribution < -0.4 is 10.2 Å². The van der Waals surface area contributed by atoms with Crippen molar-refractivity contribution in [2.24, 2.45) is 0 Å². The molecule has 0 aromatic heterocycles. The highest BCUT2D eigenvalue weighted by molar-refractivity contribution is 7.92. The molecule has 0 aliphatic carbocycles. The standard InChI is InChI=1S/C18H30N2O5S/c1-12(2)26(23,24)18-6-5-15(7-17(18)19-8-16(22)11-21)20-9-13(3)25-14(4)10-20/h5-7,12-14,16,19,21-22H,8-11H2,1-4H3. The van der Waals surface area contributed by atoms with Gasteiger partial charge in [-0.2, -0.15) is 0 Å². The third kappa shape index (κ3) is 4.88. The number of aliphatic hydroxyl groups is 2. The molecule has 3 unspecified atom stereocenters. The summed E-state index contributed by atoms with van der Waals surface area (Å²) in [5.41, 5.74) is 1.34. The quantitative estimate of drug-likeness (QED) is 0.648. The lowest BCUT2D eigenvalue weighted by Gasteiger charge is -2.37. The second-order valence-corrected chi connectivity index (χ2v) is 9.63. The van der Waals surface area contributed by atoms with Gasteiger partial charge in [0.1, 0.15) is 0 Å². The average molecular weight is 387 g/mol. The number of nitrogens with one attached hydrogen (secondary N) is 1. The first kappa shape index (κ1) is 21.0. The molecule has 0 spiro atoms. The van der Waals surface area contributed by atoms with E-state index in [0.29, 0.717) is 5.69 Å². The summed E-state index contributed by atoms with van der Waals surface area (Å²) in [6.07, 6.45) is -0.785. The lowest BCUT2D eigenvalue weighted by atomic mass is 10.2. The summed E-state index contributed by atoms with van der Waals surface area (Å²) in [4.78, 5) is 2.37. The first-order valence-corrected chi connectivity index (χ1v) is 10.5. The molecule has 8 heteroatoms. The van der Waals surface area contributed by atoms with Crippen LogP contribution >= 0.6 is 0 Å². The topological polar surface area (TPSA) is 99.1 Å². The molecule has 148 valence electrons. The summed E-state index contributed by atoms with van der Waals surface area (Å²) in [5.74, 6) is 0. The van der Waals surface area contributed by atoms with Crippen molar-refractivity contribution in [3.8, 4) is 0 Å². The Kier molecular flexibility index (Phi) is 6.90. The molecule has 7 nitrogen and oxygen atoms in total. The van der Waals surface area contributed by atoms with Gasteiger partial charge in [0.15, 0.2) is 9.84 Å². The zero-order valence-electron chi connectivity index (χ0n) is 15.8. The van der Waals surface area contributed by atoms with Crippen LogP contribution in [0.25, 0.3) is 0 Å². The summed E-state index contributed by atoms with van der Waals surface area (Å²) in [6, 6.07) is 5.22. The van der Waals surface area contributed by atoms with Crippen LogP contribution in [-0.4, -0.2) is 68.4 Å². The molecule has 3 N–H and O–H groups in total. The van der Waals surface area contributed by atoms with Crippen molar-refractivity contribution in [3.05, 3.63) is 18.2 Å². The van der Waals surface area contributed by atoms with Gasteiger partial charge in [0.2, 0.25) is 0 Å². The van der Waals surface area contributed by atoms with Crippen molar-refractivity contribution in [2.45, 2.75) is 56.2 Å². The van der Waals surface area contributed by atoms with E-state index < -0.39 is 27.8 Å². The van der Waals surface area contributed by atoms with Crippen LogP contribution in [0.5, 0.6) is 0 Å². The monoisotopic (exact) mass is 386 g/mol. The zero-order valence-corrected chi connectivity index (χ0v) is 16.7. The van der Waals surface area contributed by atoms with E-state index in [-0.39, 0.29) is 23.6 Å². The van der Waals surface area contributed by atoms with E-state index in [0.717, 1.165) is 18.8 Å². The molecule has 1 aromatic rings. The van der Waals surface area contributed by atoms with Gasteiger partial charge in [-0.3, -0.25) is 0 Å². The van der Waals surface area contributed by atoms with Gasteiger partial charge in [-0.1, -0.05) is 0 Å². The summed E-state index contributed by atoms with van der Waals surface area (Å²) in [6.45, 7) is 8.42. The van der Waals surface area contributed by atoms with E-state index in [1.807, 2.05) is 19.9 Å². The molecule has 0 amide bonds. The number of rotatable bonds is 7. The first-order valence-electron chi connectivity index (χ1n) is 8.96. The summed E-state index contributed by atoms with van der Waals surface area (Å²) >= 11 is 0. The number of hydrogen-bond acceptors (Lipinski definition) is 7. The number of anilines is 2. The van der Waals surface area contributed by atoms with Crippen LogP contribution in [0, 0.1) is 0 Å². The van der Waals surface area contributed by atoms with Crippen molar-refractivity contribution in [2.75, 3.05) is 36.5 Å². The molecular weight excluding hydrogens is 356 g/mol. The fraction of sp³-hybridized carbons (Fsp3) is 0.667. The number of ether oxygens (including phenoxy) is 1. The van der Waals surface area contributed by atoms with Crippen LogP contribution in [0.1, 0.15) is 27.7 Å². The molecule has 1 saturated heterocycles. The molecule has 3 atom stereocenters. The summed E-state index contributed by atoms with van der Waals surface area (Å²) in [7, 11) is -3.48. The third-order valence-electron chi connectivity index (χ3n) is 4.41. The van der Waals surface area contributed by atoms with Crippen molar-refractivity contribution in [1.82, 2.24) is 0 Å². The van der Waals surface area contributed by atoms with Gasteiger partial charge in [-0.05, 0) is 45.9 Å². The molecule has 1 aliphatic heterocycles. The maximum Gasteiger partial charge on any atom is 0.182 e. The second-order valence-electron chi connectivity index (χ2n) is 7.15. The molecule has 1 fully saturated rings. The Morgan fingerprint density at radius 3 is 2.42 bits per heavy atom. The van der Waals surface area contributed by atoms with Gasteiger partial charge in [-0.25, -0.2) is 8.42 Å². The number of sulfone groups is 1. The molecule has 0 radical (unpaired) electrons. The van der Waals surface area contributed by atoms with Crippen LogP contribution in [0.2, 0.25) is 0 Å². The molecule has 0 saturated carbocycles. The highest BCUT2D eigenvalue weighted by Gasteiger charge is 2.26. The van der Waals surface area contributed by atoms with E-state index in [1.165, 1.54) is 0 Å². The number of aliphatic hydroxyl groups excluding tert-OH is 2. The van der Waals surface area contributed by atoms with E-state index in [4.69, 9.17) is 9.84 Å². The Hall–Kier alpha value is -1.35. The normalized spacial score (nSPS) is 22.5. The van der Waals surface area contributed by atoms with Crippen molar-refractivity contribution in [3.63, 3.8) is 0 Å². The van der Waals surface area contributed by atoms with Crippen molar-refractivity contribution in [1.29, 1.82) is 0 Å². The molecule has 1 aromatic carbocycles. The molecule has 1 aliphatic rings. The van der Waals surface area contributed by atoms with E-state index in [2.05, 4.69) is 10.2 Å². The van der Waals surface area contributed by atoms with Crippen LogP contribution in [0.4, 0.5) is 11.4 Å². The van der Waals surface area contributed by atoms with Crippen molar-refractivity contribution >= 4 is 21.2 Å². The van der Waals surface area contributed by atoms with Crippen LogP contribution in [0.15, 0.2) is 23.1 Å². The van der Waals surface area contributed by atoms with Gasteiger partial charge in [-0.15, -0.1) is 0 Å². The second kappa shape index (κ2) is 8.56. The van der Waals surface area contributed by atoms with E-state index in [9.17, 15) is 13.5 Å². The zero-order chi connectivity index (χ0) is 19.5. The predicted octanol–water partition coefficient (Wildman–Crippen LogP) is 1.25. The molecule has 1 heterocycles. The summed E-state index contributed by atoms with van der Waals surface area (Å²) in [5, 5.41) is 21.1. The van der Waals surface area contributed by atoms with Gasteiger partial charge in [0.25, 0.3) is 0 Å². The van der Waals surface area contributed by atoms with Crippen LogP contribution in [0.3, 0.4) is 0 Å². The largest absolute Gasteiger partial charge is 0.394 e. The lowest BCUT2D eigenvalue weighted by molar-refractivity contribution is -0.00521. The maximum absolute atomic E-state index is 12.7.